The summed E-state index contributed by atoms with van der Waals surface area (Å²) in [5.41, 5.74) is 0. The Hall–Kier alpha value is -1.38. The Morgan fingerprint density at radius 3 is 3.08 bits per heavy atom. The molecule has 0 aliphatic rings. The Kier molecular flexibility index (Phi) is 3.43. The van der Waals surface area contributed by atoms with E-state index in [2.05, 4.69) is 16.9 Å². The summed E-state index contributed by atoms with van der Waals surface area (Å²) < 4.78 is 12.6. The van der Waals surface area contributed by atoms with Crippen LogP contribution >= 0.6 is 0 Å². The van der Waals surface area contributed by atoms with Crippen LogP contribution in [0.1, 0.15) is 13.3 Å². The molecule has 1 aromatic rings. The zero-order chi connectivity index (χ0) is 9.68. The van der Waals surface area contributed by atoms with Gasteiger partial charge in [-0.05, 0) is 25.5 Å². The molecule has 0 saturated heterocycles. The molecule has 1 heterocycles. The normalized spacial score (nSPS) is 12.2. The Morgan fingerprint density at radius 2 is 2.46 bits per heavy atom. The summed E-state index contributed by atoms with van der Waals surface area (Å²) in [7, 11) is 0. The van der Waals surface area contributed by atoms with Crippen molar-refractivity contribution in [2.75, 3.05) is 5.32 Å². The zero-order valence-corrected chi connectivity index (χ0v) is 7.63. The number of halogens is 1. The van der Waals surface area contributed by atoms with Crippen molar-refractivity contribution in [1.82, 2.24) is 4.98 Å². The maximum Gasteiger partial charge on any atom is 0.214 e. The monoisotopic (exact) mass is 180 g/mol. The molecule has 0 aromatic carbocycles. The summed E-state index contributed by atoms with van der Waals surface area (Å²) >= 11 is 0. The van der Waals surface area contributed by atoms with E-state index in [-0.39, 0.29) is 6.04 Å². The first-order valence-electron chi connectivity index (χ1n) is 4.22. The maximum atomic E-state index is 12.6. The minimum Gasteiger partial charge on any atom is -0.367 e. The predicted molar refractivity (Wildman–Crippen MR) is 52.1 cm³/mol. The van der Waals surface area contributed by atoms with E-state index in [0.717, 1.165) is 6.42 Å². The average Bonchev–Trinajstić information content (AvgIpc) is 2.04. The summed E-state index contributed by atoms with van der Waals surface area (Å²) in [5, 5.41) is 3.06. The highest BCUT2D eigenvalue weighted by Gasteiger charge is 2.00. The molecule has 70 valence electrons. The van der Waals surface area contributed by atoms with E-state index in [1.807, 2.05) is 13.0 Å². The zero-order valence-electron chi connectivity index (χ0n) is 7.63. The molecule has 3 heteroatoms. The van der Waals surface area contributed by atoms with E-state index in [9.17, 15) is 4.39 Å². The van der Waals surface area contributed by atoms with Crippen LogP contribution in [0.15, 0.2) is 30.9 Å². The van der Waals surface area contributed by atoms with Gasteiger partial charge in [-0.1, -0.05) is 12.1 Å². The van der Waals surface area contributed by atoms with Crippen molar-refractivity contribution in [2.45, 2.75) is 19.4 Å². The summed E-state index contributed by atoms with van der Waals surface area (Å²) in [5.74, 6) is 0.102. The topological polar surface area (TPSA) is 24.9 Å². The standard InChI is InChI=1S/C10H13FN2/c1-3-5-8(2)12-10-7-4-6-9(11)13-10/h3-4,6-8H,1,5H2,2H3,(H,12,13). The highest BCUT2D eigenvalue weighted by Crippen LogP contribution is 2.06. The van der Waals surface area contributed by atoms with Crippen molar-refractivity contribution in [3.63, 3.8) is 0 Å². The summed E-state index contributed by atoms with van der Waals surface area (Å²) in [4.78, 5) is 3.68. The van der Waals surface area contributed by atoms with Gasteiger partial charge in [-0.15, -0.1) is 6.58 Å². The van der Waals surface area contributed by atoms with Gasteiger partial charge in [0.2, 0.25) is 5.95 Å². The number of hydrogen-bond acceptors (Lipinski definition) is 2. The summed E-state index contributed by atoms with van der Waals surface area (Å²) in [6.07, 6.45) is 2.65. The van der Waals surface area contributed by atoms with Gasteiger partial charge >= 0.3 is 0 Å². The van der Waals surface area contributed by atoms with Crippen LogP contribution in [0.4, 0.5) is 10.2 Å². The highest BCUT2D eigenvalue weighted by molar-refractivity contribution is 5.34. The van der Waals surface area contributed by atoms with Crippen molar-refractivity contribution in [3.8, 4) is 0 Å². The Bertz CT molecular complexity index is 286. The van der Waals surface area contributed by atoms with Gasteiger partial charge in [-0.25, -0.2) is 4.98 Å². The molecule has 0 fully saturated rings. The Labute approximate surface area is 77.5 Å². The first-order valence-corrected chi connectivity index (χ1v) is 4.22. The van der Waals surface area contributed by atoms with Crippen LogP contribution < -0.4 is 5.32 Å². The molecule has 1 atom stereocenters. The highest BCUT2D eigenvalue weighted by atomic mass is 19.1. The molecule has 0 saturated carbocycles. The molecule has 1 unspecified atom stereocenters. The SMILES string of the molecule is C=CCC(C)Nc1cccc(F)n1. The third-order valence-corrected chi connectivity index (χ3v) is 1.63. The van der Waals surface area contributed by atoms with E-state index >= 15 is 0 Å². The minimum absolute atomic E-state index is 0.229. The van der Waals surface area contributed by atoms with Crippen LogP contribution in [0.2, 0.25) is 0 Å². The van der Waals surface area contributed by atoms with E-state index < -0.39 is 5.95 Å². The molecule has 1 N–H and O–H groups in total. The molecule has 0 amide bonds. The van der Waals surface area contributed by atoms with Crippen molar-refractivity contribution in [3.05, 3.63) is 36.8 Å². The number of nitrogens with zero attached hydrogens (tertiary/aromatic N) is 1. The van der Waals surface area contributed by atoms with Gasteiger partial charge in [0.1, 0.15) is 5.82 Å². The first kappa shape index (κ1) is 9.71. The van der Waals surface area contributed by atoms with Gasteiger partial charge in [-0.3, -0.25) is 0 Å². The molecule has 13 heavy (non-hydrogen) atoms. The third-order valence-electron chi connectivity index (χ3n) is 1.63. The van der Waals surface area contributed by atoms with E-state index in [4.69, 9.17) is 0 Å². The number of hydrogen-bond donors (Lipinski definition) is 1. The van der Waals surface area contributed by atoms with Crippen LogP contribution in [0.5, 0.6) is 0 Å². The van der Waals surface area contributed by atoms with Crippen LogP contribution in [-0.2, 0) is 0 Å². The predicted octanol–water partition coefficient (Wildman–Crippen LogP) is 2.60. The Morgan fingerprint density at radius 1 is 1.69 bits per heavy atom. The lowest BCUT2D eigenvalue weighted by atomic mass is 10.2. The van der Waals surface area contributed by atoms with E-state index in [1.54, 1.807) is 12.1 Å². The van der Waals surface area contributed by atoms with Gasteiger partial charge in [0.05, 0.1) is 0 Å². The smallest absolute Gasteiger partial charge is 0.214 e. The molecule has 2 nitrogen and oxygen atoms in total. The minimum atomic E-state index is -0.462. The third kappa shape index (κ3) is 3.23. The van der Waals surface area contributed by atoms with Crippen LogP contribution in [-0.4, -0.2) is 11.0 Å². The molecule has 1 rings (SSSR count). The molecule has 0 spiro atoms. The number of pyridine rings is 1. The molecule has 1 aromatic heterocycles. The lowest BCUT2D eigenvalue weighted by Gasteiger charge is -2.11. The fourth-order valence-electron chi connectivity index (χ4n) is 1.05. The lowest BCUT2D eigenvalue weighted by Crippen LogP contribution is -2.14. The number of aromatic nitrogens is 1. The maximum absolute atomic E-state index is 12.6. The van der Waals surface area contributed by atoms with Crippen molar-refractivity contribution >= 4 is 5.82 Å². The molecule has 0 aliphatic carbocycles. The summed E-state index contributed by atoms with van der Waals surface area (Å²) in [6.45, 7) is 5.62. The number of anilines is 1. The van der Waals surface area contributed by atoms with Gasteiger partial charge in [0.25, 0.3) is 0 Å². The number of nitrogens with one attached hydrogen (secondary N) is 1. The largest absolute Gasteiger partial charge is 0.367 e. The van der Waals surface area contributed by atoms with Crippen molar-refractivity contribution in [2.24, 2.45) is 0 Å². The van der Waals surface area contributed by atoms with Gasteiger partial charge < -0.3 is 5.32 Å². The molecule has 0 radical (unpaired) electrons. The Balaban J connectivity index is 2.58. The van der Waals surface area contributed by atoms with Gasteiger partial charge in [-0.2, -0.15) is 4.39 Å². The number of rotatable bonds is 4. The van der Waals surface area contributed by atoms with Crippen LogP contribution in [0.3, 0.4) is 0 Å². The first-order chi connectivity index (χ1) is 6.22. The molecule has 0 bridgehead atoms. The fourth-order valence-corrected chi connectivity index (χ4v) is 1.05. The second-order valence-corrected chi connectivity index (χ2v) is 2.92. The quantitative estimate of drug-likeness (QED) is 0.569. The summed E-state index contributed by atoms with van der Waals surface area (Å²) in [6, 6.07) is 4.92. The van der Waals surface area contributed by atoms with Crippen molar-refractivity contribution in [1.29, 1.82) is 0 Å². The fraction of sp³-hybridized carbons (Fsp3) is 0.300. The second-order valence-electron chi connectivity index (χ2n) is 2.92. The average molecular weight is 180 g/mol. The molecular weight excluding hydrogens is 167 g/mol. The van der Waals surface area contributed by atoms with Crippen molar-refractivity contribution < 1.29 is 4.39 Å². The van der Waals surface area contributed by atoms with Crippen LogP contribution in [0.25, 0.3) is 0 Å². The van der Waals surface area contributed by atoms with E-state index in [0.29, 0.717) is 5.82 Å². The molecular formula is C10H13FN2. The van der Waals surface area contributed by atoms with Crippen LogP contribution in [0, 0.1) is 5.95 Å². The van der Waals surface area contributed by atoms with E-state index in [1.165, 1.54) is 6.07 Å². The lowest BCUT2D eigenvalue weighted by molar-refractivity contribution is 0.584. The second kappa shape index (κ2) is 4.60. The van der Waals surface area contributed by atoms with Gasteiger partial charge in [0, 0.05) is 6.04 Å². The van der Waals surface area contributed by atoms with Gasteiger partial charge in [0.15, 0.2) is 0 Å². The molecule has 0 aliphatic heterocycles.